The van der Waals surface area contributed by atoms with E-state index in [0.29, 0.717) is 6.04 Å². The van der Waals surface area contributed by atoms with Crippen molar-refractivity contribution in [2.24, 2.45) is 0 Å². The summed E-state index contributed by atoms with van der Waals surface area (Å²) in [4.78, 5) is 6.67. The van der Waals surface area contributed by atoms with E-state index in [-0.39, 0.29) is 0 Å². The molecule has 2 rings (SSSR count). The lowest BCUT2D eigenvalue weighted by molar-refractivity contribution is 0.145. The van der Waals surface area contributed by atoms with Crippen LogP contribution in [0.4, 0.5) is 0 Å². The first kappa shape index (κ1) is 11.0. The summed E-state index contributed by atoms with van der Waals surface area (Å²) in [7, 11) is 0. The molecule has 0 unspecified atom stereocenters. The van der Waals surface area contributed by atoms with Crippen LogP contribution in [-0.2, 0) is 6.54 Å². The molecule has 82 valence electrons. The molecular formula is C11H16BrN3. The summed E-state index contributed by atoms with van der Waals surface area (Å²) >= 11 is 3.45. The highest BCUT2D eigenvalue weighted by Crippen LogP contribution is 2.14. The fourth-order valence-electron chi connectivity index (χ4n) is 1.81. The van der Waals surface area contributed by atoms with Crippen molar-refractivity contribution in [2.45, 2.75) is 19.5 Å². The van der Waals surface area contributed by atoms with Gasteiger partial charge in [0, 0.05) is 42.5 Å². The van der Waals surface area contributed by atoms with E-state index in [1.165, 1.54) is 5.56 Å². The zero-order chi connectivity index (χ0) is 10.7. The van der Waals surface area contributed by atoms with Crippen LogP contribution in [0.2, 0.25) is 0 Å². The van der Waals surface area contributed by atoms with Crippen LogP contribution in [-0.4, -0.2) is 35.6 Å². The van der Waals surface area contributed by atoms with Crippen molar-refractivity contribution in [3.63, 3.8) is 0 Å². The predicted molar refractivity (Wildman–Crippen MR) is 64.7 cm³/mol. The molecule has 0 radical (unpaired) electrons. The third-order valence-electron chi connectivity index (χ3n) is 2.83. The average Bonchev–Trinajstić information content (AvgIpc) is 2.14. The molecule has 2 heterocycles. The number of hydrogen-bond donors (Lipinski definition) is 1. The number of hydrogen-bond acceptors (Lipinski definition) is 3. The van der Waals surface area contributed by atoms with Gasteiger partial charge < -0.3 is 5.32 Å². The number of halogens is 1. The molecule has 4 heteroatoms. The number of nitrogens with zero attached hydrogens (tertiary/aromatic N) is 2. The smallest absolute Gasteiger partial charge is 0.0410 e. The Morgan fingerprint density at radius 1 is 1.53 bits per heavy atom. The number of rotatable bonds is 4. The summed E-state index contributed by atoms with van der Waals surface area (Å²) in [6, 6.07) is 2.84. The molecule has 0 bridgehead atoms. The van der Waals surface area contributed by atoms with E-state index in [2.05, 4.69) is 44.1 Å². The van der Waals surface area contributed by atoms with Crippen LogP contribution >= 0.6 is 15.9 Å². The molecule has 0 spiro atoms. The van der Waals surface area contributed by atoms with E-state index in [1.807, 2.05) is 12.4 Å². The van der Waals surface area contributed by atoms with Gasteiger partial charge in [0.05, 0.1) is 0 Å². The minimum Gasteiger partial charge on any atom is -0.314 e. The van der Waals surface area contributed by atoms with Crippen LogP contribution in [0.5, 0.6) is 0 Å². The maximum atomic E-state index is 4.19. The van der Waals surface area contributed by atoms with Gasteiger partial charge in [-0.3, -0.25) is 9.88 Å². The van der Waals surface area contributed by atoms with E-state index < -0.39 is 0 Å². The highest BCUT2D eigenvalue weighted by molar-refractivity contribution is 9.10. The van der Waals surface area contributed by atoms with E-state index in [4.69, 9.17) is 0 Å². The number of pyridine rings is 1. The van der Waals surface area contributed by atoms with Gasteiger partial charge in [0.25, 0.3) is 0 Å². The number of nitrogens with one attached hydrogen (secondary N) is 1. The van der Waals surface area contributed by atoms with Gasteiger partial charge in [-0.15, -0.1) is 0 Å². The molecule has 0 amide bonds. The molecule has 1 aliphatic rings. The van der Waals surface area contributed by atoms with Gasteiger partial charge in [0.1, 0.15) is 0 Å². The van der Waals surface area contributed by atoms with Crippen molar-refractivity contribution in [2.75, 3.05) is 19.6 Å². The van der Waals surface area contributed by atoms with Crippen LogP contribution < -0.4 is 5.32 Å². The molecule has 3 nitrogen and oxygen atoms in total. The second-order valence-corrected chi connectivity index (χ2v) is 4.80. The fourth-order valence-corrected chi connectivity index (χ4v) is 2.22. The molecule has 0 aliphatic carbocycles. The van der Waals surface area contributed by atoms with Crippen LogP contribution in [0, 0.1) is 0 Å². The maximum Gasteiger partial charge on any atom is 0.0410 e. The normalized spacial score (nSPS) is 16.7. The van der Waals surface area contributed by atoms with Crippen molar-refractivity contribution in [1.82, 2.24) is 15.2 Å². The summed E-state index contributed by atoms with van der Waals surface area (Å²) in [5.41, 5.74) is 1.28. The van der Waals surface area contributed by atoms with Crippen molar-refractivity contribution in [1.29, 1.82) is 0 Å². The fraction of sp³-hybridized carbons (Fsp3) is 0.545. The van der Waals surface area contributed by atoms with Crippen LogP contribution in [0.15, 0.2) is 22.9 Å². The average molecular weight is 270 g/mol. The first-order valence-corrected chi connectivity index (χ1v) is 6.13. The summed E-state index contributed by atoms with van der Waals surface area (Å²) in [5, 5.41) is 3.31. The molecule has 1 fully saturated rings. The minimum atomic E-state index is 0.703. The number of likely N-dealkylation sites (N-methyl/N-ethyl adjacent to an activating group) is 1. The Morgan fingerprint density at radius 2 is 2.33 bits per heavy atom. The van der Waals surface area contributed by atoms with Gasteiger partial charge in [-0.05, 0) is 34.1 Å². The van der Waals surface area contributed by atoms with Crippen molar-refractivity contribution in [3.05, 3.63) is 28.5 Å². The Labute approximate surface area is 99.0 Å². The lowest BCUT2D eigenvalue weighted by Gasteiger charge is -2.37. The standard InChI is InChI=1S/C11H16BrN3/c1-2-15(11-6-14-7-11)8-9-3-10(12)5-13-4-9/h3-5,11,14H,2,6-8H2,1H3. The van der Waals surface area contributed by atoms with Crippen molar-refractivity contribution < 1.29 is 0 Å². The Kier molecular flexibility index (Phi) is 3.72. The summed E-state index contributed by atoms with van der Waals surface area (Å²) in [6.07, 6.45) is 3.77. The Bertz CT molecular complexity index is 325. The van der Waals surface area contributed by atoms with Crippen LogP contribution in [0.3, 0.4) is 0 Å². The first-order chi connectivity index (χ1) is 7.29. The van der Waals surface area contributed by atoms with E-state index in [1.54, 1.807) is 0 Å². The Morgan fingerprint density at radius 3 is 2.87 bits per heavy atom. The second-order valence-electron chi connectivity index (χ2n) is 3.89. The van der Waals surface area contributed by atoms with E-state index in [9.17, 15) is 0 Å². The summed E-state index contributed by atoms with van der Waals surface area (Å²) in [6.45, 7) is 6.54. The second kappa shape index (κ2) is 5.05. The highest BCUT2D eigenvalue weighted by Gasteiger charge is 2.23. The molecule has 1 aromatic rings. The lowest BCUT2D eigenvalue weighted by atomic mass is 10.1. The van der Waals surface area contributed by atoms with Gasteiger partial charge in [-0.1, -0.05) is 6.92 Å². The molecule has 0 atom stereocenters. The van der Waals surface area contributed by atoms with Crippen molar-refractivity contribution >= 4 is 15.9 Å². The third-order valence-corrected chi connectivity index (χ3v) is 3.26. The molecular weight excluding hydrogens is 254 g/mol. The predicted octanol–water partition coefficient (Wildman–Crippen LogP) is 1.64. The van der Waals surface area contributed by atoms with Crippen LogP contribution in [0.1, 0.15) is 12.5 Å². The molecule has 15 heavy (non-hydrogen) atoms. The Balaban J connectivity index is 1.99. The molecule has 1 aliphatic heterocycles. The molecule has 1 N–H and O–H groups in total. The number of aromatic nitrogens is 1. The highest BCUT2D eigenvalue weighted by atomic mass is 79.9. The lowest BCUT2D eigenvalue weighted by Crippen LogP contribution is -2.56. The first-order valence-electron chi connectivity index (χ1n) is 5.33. The summed E-state index contributed by atoms with van der Waals surface area (Å²) < 4.78 is 1.06. The Hall–Kier alpha value is -0.450. The maximum absolute atomic E-state index is 4.19. The van der Waals surface area contributed by atoms with Gasteiger partial charge in [-0.2, -0.15) is 0 Å². The molecule has 1 saturated heterocycles. The zero-order valence-corrected chi connectivity index (χ0v) is 10.5. The van der Waals surface area contributed by atoms with Gasteiger partial charge in [-0.25, -0.2) is 0 Å². The van der Waals surface area contributed by atoms with Crippen molar-refractivity contribution in [3.8, 4) is 0 Å². The zero-order valence-electron chi connectivity index (χ0n) is 8.91. The van der Waals surface area contributed by atoms with Gasteiger partial charge in [0.2, 0.25) is 0 Å². The van der Waals surface area contributed by atoms with Gasteiger partial charge in [0.15, 0.2) is 0 Å². The largest absolute Gasteiger partial charge is 0.314 e. The monoisotopic (exact) mass is 269 g/mol. The quantitative estimate of drug-likeness (QED) is 0.901. The molecule has 0 saturated carbocycles. The molecule has 1 aromatic heterocycles. The van der Waals surface area contributed by atoms with Gasteiger partial charge >= 0.3 is 0 Å². The van der Waals surface area contributed by atoms with Crippen LogP contribution in [0.25, 0.3) is 0 Å². The summed E-state index contributed by atoms with van der Waals surface area (Å²) in [5.74, 6) is 0. The SMILES string of the molecule is CCN(Cc1cncc(Br)c1)C1CNC1. The minimum absolute atomic E-state index is 0.703. The third kappa shape index (κ3) is 2.77. The molecule has 0 aromatic carbocycles. The van der Waals surface area contributed by atoms with E-state index in [0.717, 1.165) is 30.7 Å². The van der Waals surface area contributed by atoms with E-state index >= 15 is 0 Å². The topological polar surface area (TPSA) is 28.2 Å².